The average Bonchev–Trinajstić information content (AvgIpc) is 1.89. The summed E-state index contributed by atoms with van der Waals surface area (Å²) in [5.41, 5.74) is 0. The van der Waals surface area contributed by atoms with E-state index in [-0.39, 0.29) is 0 Å². The van der Waals surface area contributed by atoms with E-state index in [9.17, 15) is 4.79 Å². The van der Waals surface area contributed by atoms with Gasteiger partial charge >= 0.3 is 61.9 Å². The zero-order valence-corrected chi connectivity index (χ0v) is 7.44. The van der Waals surface area contributed by atoms with Gasteiger partial charge in [0, 0.05) is 0 Å². The molecule has 0 amide bonds. The third-order valence-electron chi connectivity index (χ3n) is 1.78. The van der Waals surface area contributed by atoms with E-state index in [1.54, 1.807) is 0 Å². The number of Topliss-reactive ketones (excluding diaryl/α,β-unsaturated/α-hetero) is 1. The number of carbonyl (C=O) groups is 1. The van der Waals surface area contributed by atoms with E-state index in [0.717, 1.165) is 12.8 Å². The molecule has 0 aromatic rings. The van der Waals surface area contributed by atoms with E-state index in [1.165, 1.54) is 12.8 Å². The van der Waals surface area contributed by atoms with E-state index in [0.29, 0.717) is 25.6 Å². The normalized spacial score (nSPS) is 28.6. The molecule has 0 radical (unpaired) electrons. The topological polar surface area (TPSA) is 17.1 Å². The summed E-state index contributed by atoms with van der Waals surface area (Å²) in [6, 6.07) is 0. The minimum atomic E-state index is 0.478. The molecule has 0 N–H and O–H groups in total. The molecule has 1 unspecified atom stereocenters. The van der Waals surface area contributed by atoms with Crippen molar-refractivity contribution in [2.24, 2.45) is 0 Å². The van der Waals surface area contributed by atoms with Crippen LogP contribution < -0.4 is 0 Å². The number of hydrogen-bond donors (Lipinski definition) is 0. The van der Waals surface area contributed by atoms with E-state index in [2.05, 4.69) is 5.82 Å². The monoisotopic (exact) mass is 192 g/mol. The van der Waals surface area contributed by atoms with E-state index >= 15 is 0 Å². The predicted molar refractivity (Wildman–Crippen MR) is 38.8 cm³/mol. The Labute approximate surface area is 62.4 Å². The second-order valence-electron chi connectivity index (χ2n) is 2.44. The Hall–Kier alpha value is 0.189. The molecule has 1 fully saturated rings. The first-order chi connectivity index (χ1) is 4.34. The molecule has 1 atom stereocenters. The molecule has 0 aromatic carbocycles. The van der Waals surface area contributed by atoms with Crippen molar-refractivity contribution in [3.05, 3.63) is 0 Å². The van der Waals surface area contributed by atoms with Crippen molar-refractivity contribution in [2.45, 2.75) is 36.3 Å². The summed E-state index contributed by atoms with van der Waals surface area (Å²) in [5.74, 6) is 2.70. The van der Waals surface area contributed by atoms with Crippen LogP contribution in [0.15, 0.2) is 0 Å². The fourth-order valence-corrected chi connectivity index (χ4v) is 2.84. The number of hydrogen-bond acceptors (Lipinski definition) is 1. The molecule has 0 bridgehead atoms. The Kier molecular flexibility index (Phi) is 2.74. The maximum atomic E-state index is 11.0. The van der Waals surface area contributed by atoms with Crippen LogP contribution in [0.3, 0.4) is 0 Å². The fourth-order valence-electron chi connectivity index (χ4n) is 1.20. The van der Waals surface area contributed by atoms with Crippen LogP contribution in [0.2, 0.25) is 10.6 Å². The van der Waals surface area contributed by atoms with Crippen LogP contribution >= 0.6 is 0 Å². The van der Waals surface area contributed by atoms with Gasteiger partial charge in [0.2, 0.25) is 0 Å². The van der Waals surface area contributed by atoms with Gasteiger partial charge in [-0.1, -0.05) is 0 Å². The van der Waals surface area contributed by atoms with Crippen molar-refractivity contribution in [2.75, 3.05) is 0 Å². The molecule has 2 heteroatoms. The van der Waals surface area contributed by atoms with Gasteiger partial charge in [-0.25, -0.2) is 0 Å². The van der Waals surface area contributed by atoms with Crippen molar-refractivity contribution in [3.63, 3.8) is 0 Å². The van der Waals surface area contributed by atoms with Crippen LogP contribution in [0.1, 0.15) is 25.7 Å². The number of carbonyl (C=O) groups excluding carboxylic acids is 1. The molecule has 52 valence electrons. The predicted octanol–water partition coefficient (Wildman–Crippen LogP) is 1.67. The van der Waals surface area contributed by atoms with Crippen molar-refractivity contribution >= 4 is 20.7 Å². The Bertz CT molecular complexity index is 111. The molecule has 1 rings (SSSR count). The molecule has 1 saturated carbocycles. The molecule has 9 heavy (non-hydrogen) atoms. The molecule has 0 saturated heterocycles. The third-order valence-corrected chi connectivity index (χ3v) is 4.02. The summed E-state index contributed by atoms with van der Waals surface area (Å²) in [4.78, 5) is 11.5. The van der Waals surface area contributed by atoms with Gasteiger partial charge in [0.25, 0.3) is 0 Å². The summed E-state index contributed by atoms with van der Waals surface area (Å²) in [6.07, 6.45) is 4.47. The van der Waals surface area contributed by atoms with Crippen LogP contribution in [-0.2, 0) is 4.79 Å². The zero-order chi connectivity index (χ0) is 6.69. The van der Waals surface area contributed by atoms with E-state index in [1.807, 2.05) is 0 Å². The second kappa shape index (κ2) is 3.38. The van der Waals surface area contributed by atoms with Gasteiger partial charge in [0.15, 0.2) is 0 Å². The summed E-state index contributed by atoms with van der Waals surface area (Å²) < 4.78 is 0. The Morgan fingerprint density at radius 2 is 2.33 bits per heavy atom. The van der Waals surface area contributed by atoms with Gasteiger partial charge in [-0.15, -0.1) is 0 Å². The Morgan fingerprint density at radius 1 is 1.56 bits per heavy atom. The average molecular weight is 191 g/mol. The van der Waals surface area contributed by atoms with Gasteiger partial charge in [0.05, 0.1) is 0 Å². The number of ketones is 1. The molecular formula is C7H12OSe. The molecule has 1 aliphatic rings. The van der Waals surface area contributed by atoms with Crippen LogP contribution in [0, 0.1) is 0 Å². The van der Waals surface area contributed by atoms with Gasteiger partial charge in [-0.2, -0.15) is 0 Å². The first-order valence-electron chi connectivity index (χ1n) is 3.40. The van der Waals surface area contributed by atoms with E-state index in [4.69, 9.17) is 0 Å². The standard InChI is InChI=1S/C7H12OSe/c1-9-7-5-3-2-4-6(7)8/h7H,2-5H2,1H3. The van der Waals surface area contributed by atoms with Crippen molar-refractivity contribution < 1.29 is 4.79 Å². The third kappa shape index (κ3) is 1.80. The molecule has 0 aromatic heterocycles. The molecule has 0 heterocycles. The van der Waals surface area contributed by atoms with Gasteiger partial charge in [0.1, 0.15) is 0 Å². The van der Waals surface area contributed by atoms with Crippen LogP contribution in [0.4, 0.5) is 0 Å². The van der Waals surface area contributed by atoms with Gasteiger partial charge in [-0.3, -0.25) is 0 Å². The second-order valence-corrected chi connectivity index (χ2v) is 4.62. The van der Waals surface area contributed by atoms with Crippen LogP contribution in [-0.4, -0.2) is 20.7 Å². The summed E-state index contributed by atoms with van der Waals surface area (Å²) in [6.45, 7) is 0. The zero-order valence-electron chi connectivity index (χ0n) is 5.72. The molecule has 1 nitrogen and oxygen atoms in total. The quantitative estimate of drug-likeness (QED) is 0.576. The Morgan fingerprint density at radius 3 is 2.78 bits per heavy atom. The molecular weight excluding hydrogens is 179 g/mol. The maximum absolute atomic E-state index is 11.0. The van der Waals surface area contributed by atoms with Crippen molar-refractivity contribution in [1.29, 1.82) is 0 Å². The first kappa shape index (κ1) is 7.30. The minimum absolute atomic E-state index is 0.478. The summed E-state index contributed by atoms with van der Waals surface area (Å²) in [7, 11) is 0. The SMILES string of the molecule is C[Se]C1CCCCC1=O. The fraction of sp³-hybridized carbons (Fsp3) is 0.857. The Balaban J connectivity index is 2.39. The first-order valence-corrected chi connectivity index (χ1v) is 6.10. The molecule has 0 spiro atoms. The van der Waals surface area contributed by atoms with Crippen molar-refractivity contribution in [1.82, 2.24) is 0 Å². The molecule has 0 aliphatic heterocycles. The van der Waals surface area contributed by atoms with Crippen molar-refractivity contribution in [3.8, 4) is 0 Å². The molecule has 1 aliphatic carbocycles. The summed E-state index contributed by atoms with van der Waals surface area (Å²) in [5, 5.41) is 0. The van der Waals surface area contributed by atoms with Gasteiger partial charge < -0.3 is 0 Å². The number of rotatable bonds is 1. The van der Waals surface area contributed by atoms with Gasteiger partial charge in [-0.05, 0) is 0 Å². The van der Waals surface area contributed by atoms with Crippen LogP contribution in [0.5, 0.6) is 0 Å². The van der Waals surface area contributed by atoms with Crippen LogP contribution in [0.25, 0.3) is 0 Å². The summed E-state index contributed by atoms with van der Waals surface area (Å²) >= 11 is 0.567. The van der Waals surface area contributed by atoms with E-state index < -0.39 is 0 Å².